The summed E-state index contributed by atoms with van der Waals surface area (Å²) in [5, 5.41) is 3.20. The van der Waals surface area contributed by atoms with Crippen LogP contribution in [0.15, 0.2) is 60.3 Å². The van der Waals surface area contributed by atoms with E-state index >= 15 is 0 Å². The van der Waals surface area contributed by atoms with Gasteiger partial charge >= 0.3 is 0 Å². The molecule has 6 heteroatoms. The van der Waals surface area contributed by atoms with Crippen molar-refractivity contribution in [3.63, 3.8) is 0 Å². The van der Waals surface area contributed by atoms with Crippen molar-refractivity contribution in [2.45, 2.75) is 13.5 Å². The van der Waals surface area contributed by atoms with Crippen LogP contribution in [0.2, 0.25) is 5.02 Å². The van der Waals surface area contributed by atoms with Crippen LogP contribution >= 0.6 is 11.6 Å². The highest BCUT2D eigenvalue weighted by Crippen LogP contribution is 2.19. The molecular weight excluding hydrogens is 374 g/mol. The summed E-state index contributed by atoms with van der Waals surface area (Å²) in [6.07, 6.45) is 1.64. The summed E-state index contributed by atoms with van der Waals surface area (Å²) in [5.74, 6) is -0.469. The summed E-state index contributed by atoms with van der Waals surface area (Å²) in [6.45, 7) is 5.08. The summed E-state index contributed by atoms with van der Waals surface area (Å²) in [6, 6.07) is 17.5. The van der Waals surface area contributed by atoms with Crippen LogP contribution in [0.25, 0.3) is 6.08 Å². The first-order chi connectivity index (χ1) is 13.5. The summed E-state index contributed by atoms with van der Waals surface area (Å²) in [5.41, 5.74) is 2.21. The molecule has 1 aliphatic rings. The smallest absolute Gasteiger partial charge is 0.270 e. The van der Waals surface area contributed by atoms with Gasteiger partial charge in [0.2, 0.25) is 5.91 Å². The second kappa shape index (κ2) is 9.53. The van der Waals surface area contributed by atoms with Crippen molar-refractivity contribution in [2.75, 3.05) is 26.2 Å². The van der Waals surface area contributed by atoms with Gasteiger partial charge in [-0.15, -0.1) is 0 Å². The van der Waals surface area contributed by atoms with Crippen LogP contribution in [-0.4, -0.2) is 47.8 Å². The first-order valence-electron chi connectivity index (χ1n) is 9.32. The Hall–Kier alpha value is -2.63. The van der Waals surface area contributed by atoms with Gasteiger partial charge in [-0.05, 0) is 23.3 Å². The third-order valence-corrected chi connectivity index (χ3v) is 5.00. The third kappa shape index (κ3) is 5.44. The molecular formula is C22H24ClN3O2. The zero-order valence-corrected chi connectivity index (χ0v) is 16.7. The first kappa shape index (κ1) is 20.1. The number of nitrogens with one attached hydrogen (secondary N) is 1. The Kier molecular flexibility index (Phi) is 6.85. The minimum Gasteiger partial charge on any atom is -0.335 e. The maximum absolute atomic E-state index is 13.0. The lowest BCUT2D eigenvalue weighted by Gasteiger charge is -2.35. The Labute approximate surface area is 170 Å². The number of piperazine rings is 1. The number of carbonyl (C=O) groups is 2. The molecule has 2 aromatic rings. The van der Waals surface area contributed by atoms with E-state index < -0.39 is 0 Å². The predicted molar refractivity (Wildman–Crippen MR) is 112 cm³/mol. The lowest BCUT2D eigenvalue weighted by atomic mass is 10.1. The van der Waals surface area contributed by atoms with Crippen molar-refractivity contribution in [3.8, 4) is 0 Å². The Balaban J connectivity index is 1.67. The van der Waals surface area contributed by atoms with Crippen molar-refractivity contribution in [3.05, 3.63) is 76.4 Å². The second-order valence-corrected chi connectivity index (χ2v) is 7.22. The van der Waals surface area contributed by atoms with E-state index in [2.05, 4.69) is 22.3 Å². The van der Waals surface area contributed by atoms with Gasteiger partial charge in [0.1, 0.15) is 5.70 Å². The van der Waals surface area contributed by atoms with Gasteiger partial charge in [-0.1, -0.05) is 60.1 Å². The van der Waals surface area contributed by atoms with E-state index in [4.69, 9.17) is 11.6 Å². The molecule has 3 rings (SSSR count). The molecule has 1 fully saturated rings. The molecule has 0 radical (unpaired) electrons. The zero-order chi connectivity index (χ0) is 19.9. The van der Waals surface area contributed by atoms with Crippen molar-refractivity contribution >= 4 is 29.5 Å². The standard InChI is InChI=1S/C22H24ClN3O2/c1-17(27)24-21(15-19-9-5-6-10-20(19)23)22(28)26-13-11-25(12-14-26)16-18-7-3-2-4-8-18/h2-10,15H,11-14,16H2,1H3,(H,24,27). The Bertz CT molecular complexity index is 859. The van der Waals surface area contributed by atoms with E-state index in [1.807, 2.05) is 36.4 Å². The molecule has 2 amide bonds. The lowest BCUT2D eigenvalue weighted by molar-refractivity contribution is -0.130. The summed E-state index contributed by atoms with van der Waals surface area (Å²) in [7, 11) is 0. The van der Waals surface area contributed by atoms with Gasteiger partial charge in [0.25, 0.3) is 5.91 Å². The highest BCUT2D eigenvalue weighted by atomic mass is 35.5. The summed E-state index contributed by atoms with van der Waals surface area (Å²) in [4.78, 5) is 28.7. The lowest BCUT2D eigenvalue weighted by Crippen LogP contribution is -2.50. The average molecular weight is 398 g/mol. The molecule has 0 atom stereocenters. The maximum atomic E-state index is 13.0. The Morgan fingerprint density at radius 2 is 1.64 bits per heavy atom. The van der Waals surface area contributed by atoms with Gasteiger partial charge in [0, 0.05) is 44.7 Å². The molecule has 0 bridgehead atoms. The second-order valence-electron chi connectivity index (χ2n) is 6.81. The first-order valence-corrected chi connectivity index (χ1v) is 9.70. The average Bonchev–Trinajstić information content (AvgIpc) is 2.70. The van der Waals surface area contributed by atoms with Crippen molar-refractivity contribution < 1.29 is 9.59 Å². The van der Waals surface area contributed by atoms with Gasteiger partial charge < -0.3 is 10.2 Å². The molecule has 0 aromatic heterocycles. The van der Waals surface area contributed by atoms with E-state index in [1.54, 1.807) is 17.0 Å². The number of carbonyl (C=O) groups excluding carboxylic acids is 2. The van der Waals surface area contributed by atoms with E-state index in [0.717, 1.165) is 19.6 Å². The minimum absolute atomic E-state index is 0.186. The molecule has 1 saturated heterocycles. The highest BCUT2D eigenvalue weighted by molar-refractivity contribution is 6.32. The predicted octanol–water partition coefficient (Wildman–Crippen LogP) is 3.16. The van der Waals surface area contributed by atoms with Crippen molar-refractivity contribution in [1.29, 1.82) is 0 Å². The van der Waals surface area contributed by atoms with E-state index in [-0.39, 0.29) is 17.5 Å². The van der Waals surface area contributed by atoms with Crippen LogP contribution in [0.3, 0.4) is 0 Å². The maximum Gasteiger partial charge on any atom is 0.270 e. The monoisotopic (exact) mass is 397 g/mol. The van der Waals surface area contributed by atoms with Crippen LogP contribution in [0.5, 0.6) is 0 Å². The van der Waals surface area contributed by atoms with Gasteiger partial charge in [-0.25, -0.2) is 0 Å². The quantitative estimate of drug-likeness (QED) is 0.788. The zero-order valence-electron chi connectivity index (χ0n) is 15.9. The fourth-order valence-electron chi connectivity index (χ4n) is 3.21. The number of amides is 2. The SMILES string of the molecule is CC(=O)NC(=Cc1ccccc1Cl)C(=O)N1CCN(Cc2ccccc2)CC1. The van der Waals surface area contributed by atoms with Crippen LogP contribution < -0.4 is 5.32 Å². The topological polar surface area (TPSA) is 52.7 Å². The van der Waals surface area contributed by atoms with E-state index in [1.165, 1.54) is 12.5 Å². The number of hydrogen-bond acceptors (Lipinski definition) is 3. The number of rotatable bonds is 5. The molecule has 0 unspecified atom stereocenters. The molecule has 0 spiro atoms. The van der Waals surface area contributed by atoms with Crippen LogP contribution in [-0.2, 0) is 16.1 Å². The fraction of sp³-hybridized carbons (Fsp3) is 0.273. The molecule has 146 valence electrons. The van der Waals surface area contributed by atoms with Gasteiger partial charge in [0.15, 0.2) is 0 Å². The third-order valence-electron chi connectivity index (χ3n) is 4.65. The van der Waals surface area contributed by atoms with Crippen molar-refractivity contribution in [2.24, 2.45) is 0 Å². The van der Waals surface area contributed by atoms with Crippen LogP contribution in [0.1, 0.15) is 18.1 Å². The largest absolute Gasteiger partial charge is 0.335 e. The molecule has 2 aromatic carbocycles. The molecule has 0 saturated carbocycles. The van der Waals surface area contributed by atoms with E-state index in [0.29, 0.717) is 23.7 Å². The molecule has 28 heavy (non-hydrogen) atoms. The van der Waals surface area contributed by atoms with Gasteiger partial charge in [-0.3, -0.25) is 14.5 Å². The minimum atomic E-state index is -0.283. The van der Waals surface area contributed by atoms with Crippen molar-refractivity contribution in [1.82, 2.24) is 15.1 Å². The summed E-state index contributed by atoms with van der Waals surface area (Å²) >= 11 is 6.20. The summed E-state index contributed by atoms with van der Waals surface area (Å²) < 4.78 is 0. The normalized spacial score (nSPS) is 15.4. The number of hydrogen-bond donors (Lipinski definition) is 1. The number of benzene rings is 2. The molecule has 0 aliphatic carbocycles. The fourth-order valence-corrected chi connectivity index (χ4v) is 3.40. The number of nitrogens with zero attached hydrogens (tertiary/aromatic N) is 2. The van der Waals surface area contributed by atoms with Gasteiger partial charge in [-0.2, -0.15) is 0 Å². The van der Waals surface area contributed by atoms with Gasteiger partial charge in [0.05, 0.1) is 0 Å². The van der Waals surface area contributed by atoms with Crippen LogP contribution in [0.4, 0.5) is 0 Å². The Morgan fingerprint density at radius 1 is 1.00 bits per heavy atom. The number of halogens is 1. The van der Waals surface area contributed by atoms with Crippen LogP contribution in [0, 0.1) is 0 Å². The highest BCUT2D eigenvalue weighted by Gasteiger charge is 2.24. The molecule has 1 N–H and O–H groups in total. The molecule has 1 heterocycles. The molecule has 1 aliphatic heterocycles. The molecule has 5 nitrogen and oxygen atoms in total. The Morgan fingerprint density at radius 3 is 2.29 bits per heavy atom. The van der Waals surface area contributed by atoms with E-state index in [9.17, 15) is 9.59 Å².